The van der Waals surface area contributed by atoms with E-state index in [-0.39, 0.29) is 23.0 Å². The molecule has 0 unspecified atom stereocenters. The highest BCUT2D eigenvalue weighted by molar-refractivity contribution is 6.06. The summed E-state index contributed by atoms with van der Waals surface area (Å²) in [5, 5.41) is 5.63. The predicted molar refractivity (Wildman–Crippen MR) is 97.1 cm³/mol. The molecule has 0 bridgehead atoms. The second kappa shape index (κ2) is 7.34. The largest absolute Gasteiger partial charge is 0.495 e. The van der Waals surface area contributed by atoms with Crippen LogP contribution in [0.3, 0.4) is 0 Å². The standard InChI is InChI=1S/C19H23N3O3/c1-12-6-7-16(25-5)14(10-12)21-17(23)13-8-9-20-15(11-13)18(24)22-19(2,3)4/h6-11H,1-5H3,(H,21,23)(H,22,24). The Morgan fingerprint density at radius 2 is 1.80 bits per heavy atom. The first kappa shape index (κ1) is 18.4. The van der Waals surface area contributed by atoms with Gasteiger partial charge in [-0.3, -0.25) is 14.6 Å². The fourth-order valence-corrected chi connectivity index (χ4v) is 2.21. The van der Waals surface area contributed by atoms with Crippen LogP contribution >= 0.6 is 0 Å². The number of hydrogen-bond acceptors (Lipinski definition) is 4. The third kappa shape index (κ3) is 5.04. The molecule has 2 aromatic rings. The van der Waals surface area contributed by atoms with Crippen molar-refractivity contribution in [3.05, 3.63) is 53.3 Å². The Bertz CT molecular complexity index is 795. The molecule has 2 rings (SSSR count). The summed E-state index contributed by atoms with van der Waals surface area (Å²) < 4.78 is 5.26. The van der Waals surface area contributed by atoms with Gasteiger partial charge in [-0.15, -0.1) is 0 Å². The van der Waals surface area contributed by atoms with E-state index in [1.807, 2.05) is 39.8 Å². The van der Waals surface area contributed by atoms with Gasteiger partial charge in [0.2, 0.25) is 0 Å². The van der Waals surface area contributed by atoms with Gasteiger partial charge in [-0.1, -0.05) is 6.07 Å². The van der Waals surface area contributed by atoms with Crippen molar-refractivity contribution in [3.63, 3.8) is 0 Å². The number of benzene rings is 1. The lowest BCUT2D eigenvalue weighted by molar-refractivity contribution is 0.0914. The van der Waals surface area contributed by atoms with E-state index in [2.05, 4.69) is 15.6 Å². The summed E-state index contributed by atoms with van der Waals surface area (Å²) in [4.78, 5) is 28.8. The van der Waals surface area contributed by atoms with E-state index in [0.29, 0.717) is 17.0 Å². The van der Waals surface area contributed by atoms with Gasteiger partial charge in [0.25, 0.3) is 11.8 Å². The van der Waals surface area contributed by atoms with Crippen LogP contribution in [0.15, 0.2) is 36.5 Å². The molecule has 0 aliphatic heterocycles. The van der Waals surface area contributed by atoms with Crippen molar-refractivity contribution in [2.45, 2.75) is 33.2 Å². The zero-order valence-corrected chi connectivity index (χ0v) is 15.1. The lowest BCUT2D eigenvalue weighted by Crippen LogP contribution is -2.41. The van der Waals surface area contributed by atoms with Gasteiger partial charge in [0.05, 0.1) is 12.8 Å². The van der Waals surface area contributed by atoms with Crippen LogP contribution in [0.2, 0.25) is 0 Å². The zero-order valence-electron chi connectivity index (χ0n) is 15.1. The number of anilines is 1. The highest BCUT2D eigenvalue weighted by atomic mass is 16.5. The van der Waals surface area contributed by atoms with Crippen LogP contribution in [0.4, 0.5) is 5.69 Å². The van der Waals surface area contributed by atoms with Gasteiger partial charge in [-0.05, 0) is 57.5 Å². The molecule has 0 saturated carbocycles. The lowest BCUT2D eigenvalue weighted by atomic mass is 10.1. The van der Waals surface area contributed by atoms with Crippen LogP contribution in [0, 0.1) is 6.92 Å². The molecular formula is C19H23N3O3. The Kier molecular flexibility index (Phi) is 5.41. The summed E-state index contributed by atoms with van der Waals surface area (Å²) >= 11 is 0. The monoisotopic (exact) mass is 341 g/mol. The van der Waals surface area contributed by atoms with E-state index in [0.717, 1.165) is 5.56 Å². The van der Waals surface area contributed by atoms with E-state index in [1.165, 1.54) is 12.3 Å². The molecule has 6 nitrogen and oxygen atoms in total. The Labute approximate surface area is 147 Å². The Morgan fingerprint density at radius 3 is 2.44 bits per heavy atom. The molecule has 1 aromatic carbocycles. The summed E-state index contributed by atoms with van der Waals surface area (Å²) in [7, 11) is 1.54. The maximum Gasteiger partial charge on any atom is 0.270 e. The number of carbonyl (C=O) groups is 2. The summed E-state index contributed by atoms with van der Waals surface area (Å²) in [5.41, 5.74) is 1.73. The number of ether oxygens (including phenoxy) is 1. The quantitative estimate of drug-likeness (QED) is 0.895. The zero-order chi connectivity index (χ0) is 18.6. The number of aromatic nitrogens is 1. The normalized spacial score (nSPS) is 10.9. The van der Waals surface area contributed by atoms with Crippen molar-refractivity contribution in [2.24, 2.45) is 0 Å². The molecule has 6 heteroatoms. The number of nitrogens with one attached hydrogen (secondary N) is 2. The number of rotatable bonds is 4. The van der Waals surface area contributed by atoms with Crippen LogP contribution < -0.4 is 15.4 Å². The maximum absolute atomic E-state index is 12.5. The van der Waals surface area contributed by atoms with Crippen LogP contribution in [0.5, 0.6) is 5.75 Å². The molecule has 0 fully saturated rings. The van der Waals surface area contributed by atoms with E-state index >= 15 is 0 Å². The molecule has 2 amide bonds. The van der Waals surface area contributed by atoms with Crippen molar-refractivity contribution in [2.75, 3.05) is 12.4 Å². The SMILES string of the molecule is COc1ccc(C)cc1NC(=O)c1ccnc(C(=O)NC(C)(C)C)c1. The highest BCUT2D eigenvalue weighted by Crippen LogP contribution is 2.25. The van der Waals surface area contributed by atoms with Gasteiger partial charge >= 0.3 is 0 Å². The van der Waals surface area contributed by atoms with Crippen molar-refractivity contribution < 1.29 is 14.3 Å². The first-order chi connectivity index (χ1) is 11.7. The number of aryl methyl sites for hydroxylation is 1. The van der Waals surface area contributed by atoms with Gasteiger partial charge in [-0.2, -0.15) is 0 Å². The fourth-order valence-electron chi connectivity index (χ4n) is 2.21. The number of amides is 2. The molecule has 0 atom stereocenters. The van der Waals surface area contributed by atoms with Gasteiger partial charge in [0.1, 0.15) is 11.4 Å². The number of methoxy groups -OCH3 is 1. The molecule has 25 heavy (non-hydrogen) atoms. The minimum absolute atomic E-state index is 0.193. The van der Waals surface area contributed by atoms with Crippen molar-refractivity contribution in [1.29, 1.82) is 0 Å². The molecule has 132 valence electrons. The highest BCUT2D eigenvalue weighted by Gasteiger charge is 2.18. The van der Waals surface area contributed by atoms with E-state index < -0.39 is 0 Å². The summed E-state index contributed by atoms with van der Waals surface area (Å²) in [6.45, 7) is 7.57. The average Bonchev–Trinajstić information content (AvgIpc) is 2.53. The van der Waals surface area contributed by atoms with Gasteiger partial charge < -0.3 is 15.4 Å². The second-order valence-electron chi connectivity index (χ2n) is 6.79. The molecule has 0 spiro atoms. The minimum atomic E-state index is -0.383. The first-order valence-corrected chi connectivity index (χ1v) is 7.94. The van der Waals surface area contributed by atoms with E-state index in [1.54, 1.807) is 19.2 Å². The summed E-state index contributed by atoms with van der Waals surface area (Å²) in [6, 6.07) is 8.55. The van der Waals surface area contributed by atoms with Crippen molar-refractivity contribution in [3.8, 4) is 5.75 Å². The molecule has 0 radical (unpaired) electrons. The minimum Gasteiger partial charge on any atom is -0.495 e. The fraction of sp³-hybridized carbons (Fsp3) is 0.316. The number of hydrogen-bond donors (Lipinski definition) is 2. The molecule has 2 N–H and O–H groups in total. The van der Waals surface area contributed by atoms with Crippen LogP contribution in [0.25, 0.3) is 0 Å². The van der Waals surface area contributed by atoms with Crippen molar-refractivity contribution >= 4 is 17.5 Å². The third-order valence-corrected chi connectivity index (χ3v) is 3.35. The lowest BCUT2D eigenvalue weighted by Gasteiger charge is -2.20. The number of carbonyl (C=O) groups excluding carboxylic acids is 2. The summed E-state index contributed by atoms with van der Waals surface area (Å²) in [6.07, 6.45) is 1.44. The second-order valence-corrected chi connectivity index (χ2v) is 6.79. The topological polar surface area (TPSA) is 80.3 Å². The molecule has 0 aliphatic rings. The predicted octanol–water partition coefficient (Wildman–Crippen LogP) is 3.18. The smallest absolute Gasteiger partial charge is 0.270 e. The van der Waals surface area contributed by atoms with E-state index in [4.69, 9.17) is 4.74 Å². The Morgan fingerprint density at radius 1 is 1.08 bits per heavy atom. The van der Waals surface area contributed by atoms with Gasteiger partial charge in [0.15, 0.2) is 0 Å². The maximum atomic E-state index is 12.5. The molecule has 1 heterocycles. The van der Waals surface area contributed by atoms with Crippen molar-refractivity contribution in [1.82, 2.24) is 10.3 Å². The van der Waals surface area contributed by atoms with Crippen LogP contribution in [-0.2, 0) is 0 Å². The first-order valence-electron chi connectivity index (χ1n) is 7.94. The molecular weight excluding hydrogens is 318 g/mol. The van der Waals surface area contributed by atoms with E-state index in [9.17, 15) is 9.59 Å². The number of pyridine rings is 1. The third-order valence-electron chi connectivity index (χ3n) is 3.35. The molecule has 0 aliphatic carbocycles. The Hall–Kier alpha value is -2.89. The number of nitrogens with zero attached hydrogens (tertiary/aromatic N) is 1. The van der Waals surface area contributed by atoms with Crippen LogP contribution in [0.1, 0.15) is 47.2 Å². The van der Waals surface area contributed by atoms with Gasteiger partial charge in [0, 0.05) is 17.3 Å². The van der Waals surface area contributed by atoms with Gasteiger partial charge in [-0.25, -0.2) is 0 Å². The molecule has 0 saturated heterocycles. The average molecular weight is 341 g/mol. The van der Waals surface area contributed by atoms with Crippen LogP contribution in [-0.4, -0.2) is 29.4 Å². The Balaban J connectivity index is 2.22. The summed E-state index contributed by atoms with van der Waals surface area (Å²) in [5.74, 6) is -0.0925. The molecule has 1 aromatic heterocycles.